The number of carbonyl (C=O) groups excluding carboxylic acids is 1. The van der Waals surface area contributed by atoms with E-state index in [0.717, 1.165) is 10.2 Å². The van der Waals surface area contributed by atoms with Gasteiger partial charge in [-0.1, -0.05) is 32.6 Å². The molecule has 0 bridgehead atoms. The van der Waals surface area contributed by atoms with Gasteiger partial charge in [-0.3, -0.25) is 4.79 Å². The van der Waals surface area contributed by atoms with Gasteiger partial charge >= 0.3 is 0 Å². The highest BCUT2D eigenvalue weighted by Crippen LogP contribution is 2.28. The lowest BCUT2D eigenvalue weighted by Gasteiger charge is -2.12. The van der Waals surface area contributed by atoms with Gasteiger partial charge < -0.3 is 14.8 Å². The summed E-state index contributed by atoms with van der Waals surface area (Å²) >= 11 is 3.48. The molecule has 0 aliphatic heterocycles. The van der Waals surface area contributed by atoms with Gasteiger partial charge in [0.05, 0.1) is 4.47 Å². The van der Waals surface area contributed by atoms with Gasteiger partial charge in [0.2, 0.25) is 0 Å². The predicted molar refractivity (Wildman–Crippen MR) is 104 cm³/mol. The molecule has 1 N–H and O–H groups in total. The number of carbonyl (C=O) groups is 1. The molecule has 2 rings (SSSR count). The minimum Gasteiger partial charge on any atom is -0.490 e. The first-order chi connectivity index (χ1) is 12.0. The van der Waals surface area contributed by atoms with Crippen molar-refractivity contribution in [2.24, 2.45) is 0 Å². The van der Waals surface area contributed by atoms with E-state index in [1.807, 2.05) is 18.2 Å². The molecule has 132 valence electrons. The molecule has 2 aromatic carbocycles. The summed E-state index contributed by atoms with van der Waals surface area (Å²) in [5.74, 6) is 1.59. The Balaban J connectivity index is 1.87. The van der Waals surface area contributed by atoms with Gasteiger partial charge in [0.15, 0.2) is 6.61 Å². The molecule has 25 heavy (non-hydrogen) atoms. The molecule has 0 saturated heterocycles. The first-order valence-corrected chi connectivity index (χ1v) is 8.84. The molecule has 4 nitrogen and oxygen atoms in total. The lowest BCUT2D eigenvalue weighted by atomic mass is 10.0. The quantitative estimate of drug-likeness (QED) is 0.619. The van der Waals surface area contributed by atoms with E-state index >= 15 is 0 Å². The lowest BCUT2D eigenvalue weighted by molar-refractivity contribution is -0.118. The van der Waals surface area contributed by atoms with Crippen molar-refractivity contribution in [1.82, 2.24) is 0 Å². The van der Waals surface area contributed by atoms with Crippen LogP contribution in [0.1, 0.15) is 25.3 Å². The van der Waals surface area contributed by atoms with Gasteiger partial charge in [0, 0.05) is 5.69 Å². The smallest absolute Gasteiger partial charge is 0.262 e. The maximum absolute atomic E-state index is 12.0. The Morgan fingerprint density at radius 3 is 2.52 bits per heavy atom. The van der Waals surface area contributed by atoms with Gasteiger partial charge in [0.25, 0.3) is 5.91 Å². The van der Waals surface area contributed by atoms with E-state index in [1.54, 1.807) is 30.3 Å². The minimum absolute atomic E-state index is 0.0612. The van der Waals surface area contributed by atoms with Crippen molar-refractivity contribution in [3.05, 3.63) is 65.2 Å². The Kier molecular flexibility index (Phi) is 7.07. The summed E-state index contributed by atoms with van der Waals surface area (Å²) < 4.78 is 11.8. The molecular weight excluding hydrogens is 382 g/mol. The molecule has 0 atom stereocenters. The molecule has 1 amide bonds. The summed E-state index contributed by atoms with van der Waals surface area (Å²) in [5, 5.41) is 2.79. The van der Waals surface area contributed by atoms with E-state index in [2.05, 4.69) is 41.7 Å². The fourth-order valence-electron chi connectivity index (χ4n) is 2.12. The number of benzene rings is 2. The van der Waals surface area contributed by atoms with Gasteiger partial charge in [-0.15, -0.1) is 0 Å². The largest absolute Gasteiger partial charge is 0.490 e. The predicted octanol–water partition coefficient (Wildman–Crippen LogP) is 5.15. The van der Waals surface area contributed by atoms with E-state index in [9.17, 15) is 4.79 Å². The number of ether oxygens (including phenoxy) is 2. The zero-order valence-electron chi connectivity index (χ0n) is 14.4. The normalized spacial score (nSPS) is 10.4. The van der Waals surface area contributed by atoms with Crippen LogP contribution < -0.4 is 14.8 Å². The molecule has 0 aliphatic carbocycles. The molecule has 0 fully saturated rings. The van der Waals surface area contributed by atoms with Crippen molar-refractivity contribution < 1.29 is 14.3 Å². The molecule has 0 unspecified atom stereocenters. The van der Waals surface area contributed by atoms with Crippen molar-refractivity contribution >= 4 is 27.5 Å². The first-order valence-electron chi connectivity index (χ1n) is 8.05. The SMILES string of the molecule is C=CCOc1ccc(NC(=O)COc2ccc(C(C)C)cc2Br)cc1. The van der Waals surface area contributed by atoms with Gasteiger partial charge in [0.1, 0.15) is 18.1 Å². The van der Waals surface area contributed by atoms with Crippen LogP contribution in [-0.2, 0) is 4.79 Å². The molecule has 0 heterocycles. The van der Waals surface area contributed by atoms with Crippen molar-refractivity contribution in [2.45, 2.75) is 19.8 Å². The van der Waals surface area contributed by atoms with E-state index in [1.165, 1.54) is 5.56 Å². The van der Waals surface area contributed by atoms with Crippen LogP contribution in [0.2, 0.25) is 0 Å². The van der Waals surface area contributed by atoms with Crippen molar-refractivity contribution in [3.63, 3.8) is 0 Å². The van der Waals surface area contributed by atoms with E-state index in [0.29, 0.717) is 24.0 Å². The Morgan fingerprint density at radius 1 is 1.20 bits per heavy atom. The van der Waals surface area contributed by atoms with Crippen molar-refractivity contribution in [3.8, 4) is 11.5 Å². The Labute approximate surface area is 157 Å². The second kappa shape index (κ2) is 9.28. The maximum atomic E-state index is 12.0. The first kappa shape index (κ1) is 19.1. The van der Waals surface area contributed by atoms with Crippen LogP contribution in [0.3, 0.4) is 0 Å². The maximum Gasteiger partial charge on any atom is 0.262 e. The molecule has 0 radical (unpaired) electrons. The second-order valence-electron chi connectivity index (χ2n) is 5.81. The van der Waals surface area contributed by atoms with Crippen LogP contribution in [0.15, 0.2) is 59.6 Å². The lowest BCUT2D eigenvalue weighted by Crippen LogP contribution is -2.20. The van der Waals surface area contributed by atoms with Crippen LogP contribution in [0.25, 0.3) is 0 Å². The summed E-state index contributed by atoms with van der Waals surface area (Å²) in [6, 6.07) is 13.0. The standard InChI is InChI=1S/C20H22BrNO3/c1-4-11-24-17-8-6-16(7-9-17)22-20(23)13-25-19-10-5-15(14(2)3)12-18(19)21/h4-10,12,14H,1,11,13H2,2-3H3,(H,22,23). The highest BCUT2D eigenvalue weighted by atomic mass is 79.9. The molecule has 0 spiro atoms. The third kappa shape index (κ3) is 5.94. The fourth-order valence-corrected chi connectivity index (χ4v) is 2.63. The Bertz CT molecular complexity index is 726. The summed E-state index contributed by atoms with van der Waals surface area (Å²) in [4.78, 5) is 12.0. The average molecular weight is 404 g/mol. The third-order valence-electron chi connectivity index (χ3n) is 3.49. The zero-order valence-corrected chi connectivity index (χ0v) is 16.0. The zero-order chi connectivity index (χ0) is 18.2. The van der Waals surface area contributed by atoms with Crippen LogP contribution in [0.5, 0.6) is 11.5 Å². The van der Waals surface area contributed by atoms with E-state index in [-0.39, 0.29) is 12.5 Å². The summed E-state index contributed by atoms with van der Waals surface area (Å²) in [6.45, 7) is 8.24. The fraction of sp³-hybridized carbons (Fsp3) is 0.250. The number of hydrogen-bond donors (Lipinski definition) is 1. The molecule has 0 aliphatic rings. The highest BCUT2D eigenvalue weighted by molar-refractivity contribution is 9.10. The minimum atomic E-state index is -0.223. The Hall–Kier alpha value is -2.27. The summed E-state index contributed by atoms with van der Waals surface area (Å²) in [5.41, 5.74) is 1.90. The number of amides is 1. The van der Waals surface area contributed by atoms with Gasteiger partial charge in [-0.05, 0) is 63.8 Å². The van der Waals surface area contributed by atoms with Crippen LogP contribution >= 0.6 is 15.9 Å². The van der Waals surface area contributed by atoms with Crippen molar-refractivity contribution in [2.75, 3.05) is 18.5 Å². The molecule has 0 saturated carbocycles. The van der Waals surface area contributed by atoms with Crippen LogP contribution in [0, 0.1) is 0 Å². The number of halogens is 1. The van der Waals surface area contributed by atoms with Crippen LogP contribution in [-0.4, -0.2) is 19.1 Å². The number of rotatable bonds is 8. The number of hydrogen-bond acceptors (Lipinski definition) is 3. The molecule has 5 heteroatoms. The topological polar surface area (TPSA) is 47.6 Å². The highest BCUT2D eigenvalue weighted by Gasteiger charge is 2.08. The van der Waals surface area contributed by atoms with Crippen molar-refractivity contribution in [1.29, 1.82) is 0 Å². The number of nitrogens with one attached hydrogen (secondary N) is 1. The van der Waals surface area contributed by atoms with E-state index in [4.69, 9.17) is 9.47 Å². The molecule has 2 aromatic rings. The molecule has 0 aromatic heterocycles. The second-order valence-corrected chi connectivity index (χ2v) is 6.66. The summed E-state index contributed by atoms with van der Waals surface area (Å²) in [6.07, 6.45) is 1.68. The Morgan fingerprint density at radius 2 is 1.92 bits per heavy atom. The average Bonchev–Trinajstić information content (AvgIpc) is 2.60. The van der Waals surface area contributed by atoms with Crippen LogP contribution in [0.4, 0.5) is 5.69 Å². The van der Waals surface area contributed by atoms with Gasteiger partial charge in [-0.25, -0.2) is 0 Å². The number of anilines is 1. The third-order valence-corrected chi connectivity index (χ3v) is 4.11. The monoisotopic (exact) mass is 403 g/mol. The molecular formula is C20H22BrNO3. The van der Waals surface area contributed by atoms with Gasteiger partial charge in [-0.2, -0.15) is 0 Å². The summed E-state index contributed by atoms with van der Waals surface area (Å²) in [7, 11) is 0. The van der Waals surface area contributed by atoms with E-state index < -0.39 is 0 Å².